The zero-order valence-electron chi connectivity index (χ0n) is 13.2. The minimum atomic E-state index is -0.789. The molecule has 0 radical (unpaired) electrons. The van der Waals surface area contributed by atoms with Crippen LogP contribution in [0.15, 0.2) is 0 Å². The second-order valence-electron chi connectivity index (χ2n) is 6.70. The maximum absolute atomic E-state index is 11.7. The Balaban J connectivity index is 2.20. The molecule has 1 rings (SSSR count). The number of ether oxygens (including phenoxy) is 2. The fraction of sp³-hybridized carbons (Fsp3) is 0.929. The number of methoxy groups -OCH3 is 1. The second-order valence-corrected chi connectivity index (χ2v) is 6.70. The Morgan fingerprint density at radius 3 is 2.45 bits per heavy atom. The number of aliphatic hydroxyl groups is 1. The Kier molecular flexibility index (Phi) is 5.79. The summed E-state index contributed by atoms with van der Waals surface area (Å²) in [6.45, 7) is 9.61. The highest BCUT2D eigenvalue weighted by Gasteiger charge is 2.34. The summed E-state index contributed by atoms with van der Waals surface area (Å²) in [5.41, 5.74) is -1.25. The average Bonchev–Trinajstić information content (AvgIpc) is 2.21. The molecule has 1 saturated heterocycles. The molecular formula is C14H28N2O4. The van der Waals surface area contributed by atoms with E-state index in [1.165, 1.54) is 0 Å². The molecule has 1 atom stereocenters. The third kappa shape index (κ3) is 6.07. The molecule has 1 unspecified atom stereocenters. The standard InChI is InChI=1S/C14H28N2O4/c1-13(2,3)20-12(17)16-8-11(9-16)15-10-14(4,18)6-7-19-5/h11,15,18H,6-10H2,1-5H3. The van der Waals surface area contributed by atoms with Crippen LogP contribution in [0.4, 0.5) is 4.79 Å². The molecule has 20 heavy (non-hydrogen) atoms. The van der Waals surface area contributed by atoms with Crippen LogP contribution in [-0.4, -0.2) is 66.7 Å². The molecule has 0 bridgehead atoms. The van der Waals surface area contributed by atoms with Crippen LogP contribution in [0.5, 0.6) is 0 Å². The van der Waals surface area contributed by atoms with E-state index in [9.17, 15) is 9.90 Å². The predicted octanol–water partition coefficient (Wildman–Crippen LogP) is 0.983. The zero-order valence-corrected chi connectivity index (χ0v) is 13.2. The molecule has 1 heterocycles. The van der Waals surface area contributed by atoms with E-state index in [-0.39, 0.29) is 12.1 Å². The van der Waals surface area contributed by atoms with Crippen LogP contribution in [0, 0.1) is 0 Å². The first kappa shape index (κ1) is 17.2. The molecule has 6 nitrogen and oxygen atoms in total. The summed E-state index contributed by atoms with van der Waals surface area (Å²) in [5, 5.41) is 13.4. The molecule has 1 fully saturated rings. The van der Waals surface area contributed by atoms with Crippen LogP contribution in [0.25, 0.3) is 0 Å². The summed E-state index contributed by atoms with van der Waals surface area (Å²) in [6.07, 6.45) is 0.306. The molecule has 6 heteroatoms. The van der Waals surface area contributed by atoms with Crippen LogP contribution in [0.2, 0.25) is 0 Å². The lowest BCUT2D eigenvalue weighted by Gasteiger charge is -2.41. The topological polar surface area (TPSA) is 71.0 Å². The lowest BCUT2D eigenvalue weighted by Crippen LogP contribution is -2.62. The molecule has 1 aliphatic heterocycles. The van der Waals surface area contributed by atoms with Crippen molar-refractivity contribution in [2.24, 2.45) is 0 Å². The van der Waals surface area contributed by atoms with E-state index in [4.69, 9.17) is 9.47 Å². The SMILES string of the molecule is COCCC(C)(O)CNC1CN(C(=O)OC(C)(C)C)C1. The average molecular weight is 288 g/mol. The summed E-state index contributed by atoms with van der Waals surface area (Å²) in [4.78, 5) is 13.4. The first-order valence-corrected chi connectivity index (χ1v) is 7.05. The Labute approximate surface area is 121 Å². The van der Waals surface area contributed by atoms with E-state index in [0.29, 0.717) is 32.7 Å². The lowest BCUT2D eigenvalue weighted by molar-refractivity contribution is -0.00390. The first-order chi connectivity index (χ1) is 9.13. The van der Waals surface area contributed by atoms with E-state index in [1.807, 2.05) is 20.8 Å². The monoisotopic (exact) mass is 288 g/mol. The fourth-order valence-electron chi connectivity index (χ4n) is 1.86. The van der Waals surface area contributed by atoms with E-state index in [0.717, 1.165) is 0 Å². The first-order valence-electron chi connectivity index (χ1n) is 7.05. The number of nitrogens with one attached hydrogen (secondary N) is 1. The molecule has 0 spiro atoms. The molecule has 0 aromatic rings. The van der Waals surface area contributed by atoms with Crippen molar-refractivity contribution >= 4 is 6.09 Å². The second kappa shape index (κ2) is 6.74. The van der Waals surface area contributed by atoms with Crippen molar-refractivity contribution in [3.05, 3.63) is 0 Å². The number of rotatable bonds is 6. The highest BCUT2D eigenvalue weighted by atomic mass is 16.6. The van der Waals surface area contributed by atoms with E-state index >= 15 is 0 Å². The van der Waals surface area contributed by atoms with Gasteiger partial charge in [-0.15, -0.1) is 0 Å². The Morgan fingerprint density at radius 2 is 1.95 bits per heavy atom. The van der Waals surface area contributed by atoms with E-state index in [2.05, 4.69) is 5.32 Å². The van der Waals surface area contributed by atoms with Crippen molar-refractivity contribution < 1.29 is 19.4 Å². The molecule has 0 saturated carbocycles. The molecule has 1 amide bonds. The Bertz CT molecular complexity index is 320. The summed E-state index contributed by atoms with van der Waals surface area (Å²) < 4.78 is 10.2. The number of hydrogen-bond acceptors (Lipinski definition) is 5. The van der Waals surface area contributed by atoms with Crippen molar-refractivity contribution in [1.82, 2.24) is 10.2 Å². The number of carbonyl (C=O) groups is 1. The van der Waals surface area contributed by atoms with Gasteiger partial charge in [0.1, 0.15) is 5.60 Å². The van der Waals surface area contributed by atoms with Crippen LogP contribution < -0.4 is 5.32 Å². The van der Waals surface area contributed by atoms with Crippen molar-refractivity contribution in [1.29, 1.82) is 0 Å². The Hall–Kier alpha value is -0.850. The highest BCUT2D eigenvalue weighted by Crippen LogP contribution is 2.16. The van der Waals surface area contributed by atoms with Crippen LogP contribution >= 0.6 is 0 Å². The smallest absolute Gasteiger partial charge is 0.410 e. The van der Waals surface area contributed by atoms with Gasteiger partial charge in [0.15, 0.2) is 0 Å². The summed E-state index contributed by atoms with van der Waals surface area (Å²) >= 11 is 0. The third-order valence-corrected chi connectivity index (χ3v) is 3.15. The zero-order chi connectivity index (χ0) is 15.4. The maximum Gasteiger partial charge on any atom is 0.410 e. The van der Waals surface area contributed by atoms with Crippen LogP contribution in [0.1, 0.15) is 34.1 Å². The number of likely N-dealkylation sites (tertiary alicyclic amines) is 1. The Morgan fingerprint density at radius 1 is 1.35 bits per heavy atom. The number of hydrogen-bond donors (Lipinski definition) is 2. The normalized spacial score (nSPS) is 19.4. The number of amides is 1. The number of carbonyl (C=O) groups excluding carboxylic acids is 1. The van der Waals surface area contributed by atoms with Gasteiger partial charge in [-0.2, -0.15) is 0 Å². The van der Waals surface area contributed by atoms with Gasteiger partial charge >= 0.3 is 6.09 Å². The van der Waals surface area contributed by atoms with Crippen molar-refractivity contribution in [2.75, 3.05) is 33.4 Å². The minimum Gasteiger partial charge on any atom is -0.444 e. The molecule has 0 aliphatic carbocycles. The summed E-state index contributed by atoms with van der Waals surface area (Å²) in [5.74, 6) is 0. The van der Waals surface area contributed by atoms with Gasteiger partial charge in [0.05, 0.1) is 5.60 Å². The van der Waals surface area contributed by atoms with Crippen LogP contribution in [0.3, 0.4) is 0 Å². The van der Waals surface area contributed by atoms with E-state index in [1.54, 1.807) is 18.9 Å². The largest absolute Gasteiger partial charge is 0.444 e. The highest BCUT2D eigenvalue weighted by molar-refractivity contribution is 5.69. The van der Waals surface area contributed by atoms with Gasteiger partial charge in [-0.25, -0.2) is 4.79 Å². The van der Waals surface area contributed by atoms with Gasteiger partial charge in [0, 0.05) is 45.8 Å². The summed E-state index contributed by atoms with van der Waals surface area (Å²) in [7, 11) is 1.62. The van der Waals surface area contributed by atoms with E-state index < -0.39 is 11.2 Å². The summed E-state index contributed by atoms with van der Waals surface area (Å²) in [6, 6.07) is 0.219. The maximum atomic E-state index is 11.7. The number of nitrogens with zero attached hydrogens (tertiary/aromatic N) is 1. The van der Waals surface area contributed by atoms with Crippen molar-refractivity contribution in [3.8, 4) is 0 Å². The molecular weight excluding hydrogens is 260 g/mol. The lowest BCUT2D eigenvalue weighted by atomic mass is 10.0. The minimum absolute atomic E-state index is 0.219. The molecule has 0 aromatic heterocycles. The quantitative estimate of drug-likeness (QED) is 0.762. The van der Waals surface area contributed by atoms with Gasteiger partial charge in [-0.05, 0) is 27.7 Å². The van der Waals surface area contributed by atoms with Gasteiger partial charge < -0.3 is 24.8 Å². The molecule has 0 aromatic carbocycles. The van der Waals surface area contributed by atoms with Crippen molar-refractivity contribution in [2.45, 2.75) is 51.4 Å². The predicted molar refractivity (Wildman–Crippen MR) is 76.7 cm³/mol. The van der Waals surface area contributed by atoms with Gasteiger partial charge in [0.25, 0.3) is 0 Å². The van der Waals surface area contributed by atoms with Gasteiger partial charge in [-0.3, -0.25) is 0 Å². The fourth-order valence-corrected chi connectivity index (χ4v) is 1.86. The van der Waals surface area contributed by atoms with Gasteiger partial charge in [-0.1, -0.05) is 0 Å². The molecule has 1 aliphatic rings. The third-order valence-electron chi connectivity index (χ3n) is 3.15. The van der Waals surface area contributed by atoms with Gasteiger partial charge in [0.2, 0.25) is 0 Å². The van der Waals surface area contributed by atoms with Crippen molar-refractivity contribution in [3.63, 3.8) is 0 Å². The molecule has 118 valence electrons. The van der Waals surface area contributed by atoms with Crippen LogP contribution in [-0.2, 0) is 9.47 Å². The molecule has 2 N–H and O–H groups in total.